The van der Waals surface area contributed by atoms with Gasteiger partial charge in [-0.05, 0) is 77.0 Å². The van der Waals surface area contributed by atoms with Gasteiger partial charge in [-0.25, -0.2) is 0 Å². The minimum Gasteiger partial charge on any atom is -0.480 e. The normalized spacial score (nSPS) is 12.3. The van der Waals surface area contributed by atoms with Crippen LogP contribution in [0.1, 0.15) is 232 Å². The number of unbranched alkanes of at least 4 members (excludes halogenated alkanes) is 24. The molecular weight excluding hydrogens is 659 g/mol. The molecule has 0 fully saturated rings. The lowest BCUT2D eigenvalue weighted by Gasteiger charge is -2.18. The van der Waals surface area contributed by atoms with Crippen molar-refractivity contribution in [1.29, 1.82) is 0 Å². The van der Waals surface area contributed by atoms with Crippen LogP contribution in [0, 0.1) is 0 Å². The van der Waals surface area contributed by atoms with Gasteiger partial charge in [0.1, 0.15) is 12.6 Å². The molecule has 0 aliphatic rings. The van der Waals surface area contributed by atoms with Gasteiger partial charge in [0.15, 0.2) is 0 Å². The number of carbonyl (C=O) groups is 3. The third-order valence-electron chi connectivity index (χ3n) is 10.1. The van der Waals surface area contributed by atoms with E-state index < -0.39 is 5.97 Å². The van der Waals surface area contributed by atoms with Gasteiger partial charge in [-0.3, -0.25) is 14.4 Å². The fourth-order valence-corrected chi connectivity index (χ4v) is 6.70. The highest BCUT2D eigenvalue weighted by atomic mass is 16.5. The molecule has 0 saturated heterocycles. The first kappa shape index (κ1) is 50.6. The number of hydrogen-bond donors (Lipinski definition) is 2. The van der Waals surface area contributed by atoms with Crippen molar-refractivity contribution >= 4 is 17.8 Å². The average Bonchev–Trinajstić information content (AvgIpc) is 3.14. The highest BCUT2D eigenvalue weighted by Crippen LogP contribution is 2.19. The number of aliphatic carboxylic acids is 1. The molecule has 0 saturated carbocycles. The van der Waals surface area contributed by atoms with Gasteiger partial charge >= 0.3 is 11.9 Å². The van der Waals surface area contributed by atoms with E-state index in [0.29, 0.717) is 12.8 Å². The summed E-state index contributed by atoms with van der Waals surface area (Å²) < 4.78 is 6.04. The Kier molecular flexibility index (Phi) is 40.5. The van der Waals surface area contributed by atoms with E-state index in [9.17, 15) is 14.4 Å². The van der Waals surface area contributed by atoms with E-state index in [1.165, 1.54) is 122 Å². The molecule has 0 aromatic heterocycles. The SMILES string of the molecule is CCCCC/C=C\C/C=C\C/C=C\CCCCCCCCC(=O)OC(CCCCCCCCCCCCCC)CCCCCCCC(=O)NCC(=O)O. The van der Waals surface area contributed by atoms with Crippen molar-refractivity contribution < 1.29 is 24.2 Å². The van der Waals surface area contributed by atoms with Crippen molar-refractivity contribution in [3.8, 4) is 0 Å². The zero-order chi connectivity index (χ0) is 38.7. The van der Waals surface area contributed by atoms with Crippen LogP contribution in [0.4, 0.5) is 0 Å². The highest BCUT2D eigenvalue weighted by Gasteiger charge is 2.14. The summed E-state index contributed by atoms with van der Waals surface area (Å²) in [6.07, 6.45) is 52.7. The number of rotatable bonds is 41. The molecule has 2 N–H and O–H groups in total. The van der Waals surface area contributed by atoms with E-state index in [1.54, 1.807) is 0 Å². The Morgan fingerprint density at radius 2 is 0.868 bits per heavy atom. The van der Waals surface area contributed by atoms with Gasteiger partial charge in [0.05, 0.1) is 0 Å². The van der Waals surface area contributed by atoms with Gasteiger partial charge < -0.3 is 15.2 Å². The van der Waals surface area contributed by atoms with Crippen molar-refractivity contribution in [3.05, 3.63) is 36.5 Å². The molecule has 0 bridgehead atoms. The zero-order valence-electron chi connectivity index (χ0n) is 34.9. The molecule has 308 valence electrons. The standard InChI is InChI=1S/C47H85NO5/c1-3-5-7-9-11-13-15-17-18-19-20-21-22-23-25-27-29-34-38-42-47(52)53-44(39-35-31-28-26-24-16-14-12-10-8-6-4-2)40-36-32-30-33-37-41-45(49)48-43-46(50)51/h11,13,17-18,20-21,44H,3-10,12,14-16,19,22-43H2,1-2H3,(H,48,49)(H,50,51)/b13-11-,18-17-,21-20-. The van der Waals surface area contributed by atoms with Gasteiger partial charge in [-0.15, -0.1) is 0 Å². The summed E-state index contributed by atoms with van der Waals surface area (Å²) in [7, 11) is 0. The molecule has 0 rings (SSSR count). The van der Waals surface area contributed by atoms with Gasteiger partial charge in [0.25, 0.3) is 0 Å². The Morgan fingerprint density at radius 1 is 0.491 bits per heavy atom. The quantitative estimate of drug-likeness (QED) is 0.0369. The molecule has 53 heavy (non-hydrogen) atoms. The second-order valence-corrected chi connectivity index (χ2v) is 15.3. The number of carboxylic acid groups (broad SMARTS) is 1. The average molecular weight is 744 g/mol. The number of esters is 1. The maximum Gasteiger partial charge on any atom is 0.322 e. The van der Waals surface area contributed by atoms with E-state index in [1.807, 2.05) is 0 Å². The molecule has 1 unspecified atom stereocenters. The maximum atomic E-state index is 12.8. The van der Waals surface area contributed by atoms with Crippen molar-refractivity contribution in [3.63, 3.8) is 0 Å². The van der Waals surface area contributed by atoms with Crippen LogP contribution < -0.4 is 5.32 Å². The van der Waals surface area contributed by atoms with Crippen LogP contribution in [-0.2, 0) is 19.1 Å². The molecule has 1 amide bonds. The van der Waals surface area contributed by atoms with Crippen molar-refractivity contribution in [2.45, 2.75) is 238 Å². The monoisotopic (exact) mass is 744 g/mol. The molecule has 0 aromatic carbocycles. The number of carboxylic acids is 1. The summed E-state index contributed by atoms with van der Waals surface area (Å²) in [5.74, 6) is -1.23. The molecule has 1 atom stereocenters. The van der Waals surface area contributed by atoms with Crippen LogP contribution in [0.15, 0.2) is 36.5 Å². The highest BCUT2D eigenvalue weighted by molar-refractivity contribution is 5.80. The first-order valence-electron chi connectivity index (χ1n) is 22.6. The molecule has 6 nitrogen and oxygen atoms in total. The topological polar surface area (TPSA) is 92.7 Å². The Balaban J connectivity index is 4.15. The second-order valence-electron chi connectivity index (χ2n) is 15.3. The molecule has 0 aliphatic heterocycles. The molecule has 6 heteroatoms. The van der Waals surface area contributed by atoms with Gasteiger partial charge in [-0.1, -0.05) is 179 Å². The predicted octanol–water partition coefficient (Wildman–Crippen LogP) is 14.1. The minimum absolute atomic E-state index is 0.0214. The molecule has 0 radical (unpaired) electrons. The Labute approximate surface area is 327 Å². The van der Waals surface area contributed by atoms with E-state index in [4.69, 9.17) is 9.84 Å². The van der Waals surface area contributed by atoms with E-state index in [-0.39, 0.29) is 24.5 Å². The number of amides is 1. The number of allylic oxidation sites excluding steroid dienone is 6. The summed E-state index contributed by atoms with van der Waals surface area (Å²) in [5.41, 5.74) is 0. The third kappa shape index (κ3) is 42.2. The lowest BCUT2D eigenvalue weighted by atomic mass is 10.0. The first-order chi connectivity index (χ1) is 26.0. The lowest BCUT2D eigenvalue weighted by Crippen LogP contribution is -2.28. The number of carbonyl (C=O) groups excluding carboxylic acids is 2. The number of nitrogens with one attached hydrogen (secondary N) is 1. The molecule has 0 aliphatic carbocycles. The Bertz CT molecular complexity index is 911. The smallest absolute Gasteiger partial charge is 0.322 e. The summed E-state index contributed by atoms with van der Waals surface area (Å²) in [5, 5.41) is 11.1. The summed E-state index contributed by atoms with van der Waals surface area (Å²) in [6, 6.07) is 0. The summed E-state index contributed by atoms with van der Waals surface area (Å²) in [4.78, 5) is 35.1. The molecular formula is C47H85NO5. The van der Waals surface area contributed by atoms with Gasteiger partial charge in [0, 0.05) is 12.8 Å². The number of hydrogen-bond acceptors (Lipinski definition) is 4. The van der Waals surface area contributed by atoms with Crippen LogP contribution >= 0.6 is 0 Å². The fraction of sp³-hybridized carbons (Fsp3) is 0.809. The van der Waals surface area contributed by atoms with Crippen LogP contribution in [0.2, 0.25) is 0 Å². The summed E-state index contributed by atoms with van der Waals surface area (Å²) >= 11 is 0. The first-order valence-corrected chi connectivity index (χ1v) is 22.6. The fourth-order valence-electron chi connectivity index (χ4n) is 6.70. The van der Waals surface area contributed by atoms with E-state index in [2.05, 4.69) is 55.6 Å². The second kappa shape index (κ2) is 42.4. The van der Waals surface area contributed by atoms with Gasteiger partial charge in [0.2, 0.25) is 5.91 Å². The third-order valence-corrected chi connectivity index (χ3v) is 10.1. The minimum atomic E-state index is -1.02. The van der Waals surface area contributed by atoms with Crippen LogP contribution in [0.5, 0.6) is 0 Å². The largest absolute Gasteiger partial charge is 0.480 e. The summed E-state index contributed by atoms with van der Waals surface area (Å²) in [6.45, 7) is 4.21. The van der Waals surface area contributed by atoms with E-state index in [0.717, 1.165) is 83.5 Å². The van der Waals surface area contributed by atoms with Crippen molar-refractivity contribution in [2.24, 2.45) is 0 Å². The van der Waals surface area contributed by atoms with Crippen LogP contribution in [0.25, 0.3) is 0 Å². The lowest BCUT2D eigenvalue weighted by molar-refractivity contribution is -0.150. The number of ether oxygens (including phenoxy) is 1. The van der Waals surface area contributed by atoms with Crippen molar-refractivity contribution in [1.82, 2.24) is 5.32 Å². The van der Waals surface area contributed by atoms with Crippen LogP contribution in [0.3, 0.4) is 0 Å². The molecule has 0 aromatic rings. The van der Waals surface area contributed by atoms with Crippen LogP contribution in [-0.4, -0.2) is 35.6 Å². The Morgan fingerprint density at radius 3 is 1.36 bits per heavy atom. The van der Waals surface area contributed by atoms with Crippen molar-refractivity contribution in [2.75, 3.05) is 6.54 Å². The molecule has 0 heterocycles. The Hall–Kier alpha value is -2.37. The zero-order valence-corrected chi connectivity index (χ0v) is 34.9. The van der Waals surface area contributed by atoms with E-state index >= 15 is 0 Å². The maximum absolute atomic E-state index is 12.8. The van der Waals surface area contributed by atoms with Gasteiger partial charge in [-0.2, -0.15) is 0 Å². The predicted molar refractivity (Wildman–Crippen MR) is 226 cm³/mol. The molecule has 0 spiro atoms.